The monoisotopic (exact) mass is 458 g/mol. The Balaban J connectivity index is 1.61. The minimum Gasteiger partial charge on any atom is -0.300 e. The molecule has 34 heavy (non-hydrogen) atoms. The van der Waals surface area contributed by atoms with Crippen LogP contribution < -0.4 is 0 Å². The number of rotatable bonds is 8. The maximum absolute atomic E-state index is 13.9. The normalized spacial score (nSPS) is 19.6. The van der Waals surface area contributed by atoms with Crippen LogP contribution in [0.3, 0.4) is 0 Å². The van der Waals surface area contributed by atoms with Crippen LogP contribution in [0.15, 0.2) is 36.4 Å². The first-order valence-electron chi connectivity index (χ1n) is 14.1. The van der Waals surface area contributed by atoms with Crippen molar-refractivity contribution in [3.8, 4) is 0 Å². The molecule has 0 aromatic heterocycles. The average Bonchev–Trinajstić information content (AvgIpc) is 2.83. The highest BCUT2D eigenvalue weighted by atomic mass is 16.1. The summed E-state index contributed by atoms with van der Waals surface area (Å²) in [6.45, 7) is 9.02. The van der Waals surface area contributed by atoms with Crippen molar-refractivity contribution in [2.24, 2.45) is 11.8 Å². The van der Waals surface area contributed by atoms with Crippen LogP contribution in [-0.2, 0) is 4.79 Å². The number of aryl methyl sites for hydroxylation is 4. The molecule has 2 aliphatic rings. The number of carbonyl (C=O) groups is 1. The van der Waals surface area contributed by atoms with E-state index in [4.69, 9.17) is 0 Å². The fraction of sp³-hybridized carbons (Fsp3) is 0.606. The minimum absolute atomic E-state index is 0.388. The van der Waals surface area contributed by atoms with Crippen LogP contribution in [0.5, 0.6) is 0 Å². The molecule has 0 bridgehead atoms. The number of ketones is 1. The molecule has 2 aliphatic carbocycles. The van der Waals surface area contributed by atoms with Gasteiger partial charge in [0.05, 0.1) is 0 Å². The van der Waals surface area contributed by atoms with Crippen LogP contribution >= 0.6 is 0 Å². The van der Waals surface area contributed by atoms with Gasteiger partial charge in [-0.2, -0.15) is 0 Å². The van der Waals surface area contributed by atoms with E-state index in [1.54, 1.807) is 0 Å². The quantitative estimate of drug-likeness (QED) is 0.385. The molecule has 0 aliphatic heterocycles. The van der Waals surface area contributed by atoms with Gasteiger partial charge in [0.15, 0.2) is 0 Å². The van der Waals surface area contributed by atoms with Gasteiger partial charge in [-0.05, 0) is 110 Å². The molecule has 2 saturated carbocycles. The highest BCUT2D eigenvalue weighted by molar-refractivity contribution is 5.80. The van der Waals surface area contributed by atoms with Crippen molar-refractivity contribution >= 4 is 5.78 Å². The van der Waals surface area contributed by atoms with E-state index in [2.05, 4.69) is 64.1 Å². The predicted molar refractivity (Wildman–Crippen MR) is 145 cm³/mol. The number of carbonyl (C=O) groups excluding carboxylic acids is 1. The summed E-state index contributed by atoms with van der Waals surface area (Å²) in [6, 6.07) is 13.4. The largest absolute Gasteiger partial charge is 0.300 e. The summed E-state index contributed by atoms with van der Waals surface area (Å²) in [5.41, 5.74) is 8.46. The second kappa shape index (κ2) is 11.7. The summed E-state index contributed by atoms with van der Waals surface area (Å²) < 4.78 is 0. The van der Waals surface area contributed by atoms with Gasteiger partial charge in [-0.15, -0.1) is 0 Å². The van der Waals surface area contributed by atoms with E-state index < -0.39 is 0 Å². The van der Waals surface area contributed by atoms with Gasteiger partial charge in [0.25, 0.3) is 0 Å². The van der Waals surface area contributed by atoms with Gasteiger partial charge in [-0.3, -0.25) is 4.79 Å². The molecule has 0 saturated heterocycles. The highest BCUT2D eigenvalue weighted by Gasteiger charge is 2.33. The Morgan fingerprint density at radius 1 is 0.618 bits per heavy atom. The number of hydrogen-bond acceptors (Lipinski definition) is 1. The Morgan fingerprint density at radius 3 is 1.26 bits per heavy atom. The fourth-order valence-electron chi connectivity index (χ4n) is 7.48. The second-order valence-corrected chi connectivity index (χ2v) is 11.6. The Hall–Kier alpha value is -1.89. The maximum atomic E-state index is 13.9. The average molecular weight is 459 g/mol. The molecule has 0 amide bonds. The summed E-state index contributed by atoms with van der Waals surface area (Å²) in [5, 5.41) is 0. The van der Waals surface area contributed by atoms with E-state index in [0.29, 0.717) is 29.5 Å². The molecule has 184 valence electrons. The predicted octanol–water partition coefficient (Wildman–Crippen LogP) is 9.30. The lowest BCUT2D eigenvalue weighted by Crippen LogP contribution is -2.24. The third-order valence-electron chi connectivity index (χ3n) is 9.16. The molecule has 0 radical (unpaired) electrons. The molecule has 4 rings (SSSR count). The Bertz CT molecular complexity index is 841. The third-order valence-corrected chi connectivity index (χ3v) is 9.16. The first-order chi connectivity index (χ1) is 16.5. The lowest BCUT2D eigenvalue weighted by atomic mass is 9.69. The smallest absolute Gasteiger partial charge is 0.134 e. The zero-order valence-corrected chi connectivity index (χ0v) is 22.2. The first-order valence-corrected chi connectivity index (χ1v) is 14.1. The fourth-order valence-corrected chi connectivity index (χ4v) is 7.48. The lowest BCUT2D eigenvalue weighted by molar-refractivity contribution is -0.120. The topological polar surface area (TPSA) is 17.1 Å². The van der Waals surface area contributed by atoms with E-state index in [9.17, 15) is 4.79 Å². The Labute approximate surface area is 208 Å². The van der Waals surface area contributed by atoms with E-state index in [1.807, 2.05) is 0 Å². The molecule has 2 atom stereocenters. The zero-order valence-electron chi connectivity index (χ0n) is 22.2. The Kier molecular flexibility index (Phi) is 8.67. The first kappa shape index (κ1) is 25.2. The van der Waals surface area contributed by atoms with E-state index in [-0.39, 0.29) is 0 Å². The van der Waals surface area contributed by atoms with Crippen molar-refractivity contribution in [1.29, 1.82) is 0 Å². The van der Waals surface area contributed by atoms with Crippen LogP contribution in [0, 0.1) is 39.5 Å². The molecule has 0 N–H and O–H groups in total. The molecule has 0 heterocycles. The highest BCUT2D eigenvalue weighted by Crippen LogP contribution is 2.44. The molecular weight excluding hydrogens is 412 g/mol. The zero-order chi connectivity index (χ0) is 24.1. The van der Waals surface area contributed by atoms with Gasteiger partial charge in [-0.1, -0.05) is 74.9 Å². The van der Waals surface area contributed by atoms with Crippen molar-refractivity contribution in [2.75, 3.05) is 0 Å². The third kappa shape index (κ3) is 5.84. The van der Waals surface area contributed by atoms with E-state index in [0.717, 1.165) is 12.8 Å². The molecule has 0 unspecified atom stereocenters. The number of hydrogen-bond donors (Lipinski definition) is 0. The van der Waals surface area contributed by atoms with Crippen molar-refractivity contribution in [3.63, 3.8) is 0 Å². The summed E-state index contributed by atoms with van der Waals surface area (Å²) >= 11 is 0. The van der Waals surface area contributed by atoms with Crippen LogP contribution in [0.4, 0.5) is 0 Å². The molecule has 2 aromatic rings. The summed E-state index contributed by atoms with van der Waals surface area (Å²) in [7, 11) is 0. The molecule has 2 fully saturated rings. The molecule has 0 spiro atoms. The Morgan fingerprint density at radius 2 is 0.941 bits per heavy atom. The van der Waals surface area contributed by atoms with Crippen LogP contribution in [-0.4, -0.2) is 5.78 Å². The second-order valence-electron chi connectivity index (χ2n) is 11.6. The standard InChI is InChI=1S/C33H46O/c1-23-13-11-14-24(2)32(23)30(27-17-7-5-8-18-27)21-29(34)22-31(28-19-9-6-10-20-28)33-25(3)15-12-16-26(33)4/h11-16,27-28,30-31H,5-10,17-22H2,1-4H3/t30-,31-/m0/s1. The van der Waals surface area contributed by atoms with Crippen LogP contribution in [0.25, 0.3) is 0 Å². The lowest BCUT2D eigenvalue weighted by Gasteiger charge is -2.35. The van der Waals surface area contributed by atoms with Gasteiger partial charge in [0, 0.05) is 12.8 Å². The van der Waals surface area contributed by atoms with Gasteiger partial charge in [0.2, 0.25) is 0 Å². The van der Waals surface area contributed by atoms with Crippen LogP contribution in [0.2, 0.25) is 0 Å². The van der Waals surface area contributed by atoms with Crippen molar-refractivity contribution in [2.45, 2.75) is 117 Å². The van der Waals surface area contributed by atoms with Gasteiger partial charge >= 0.3 is 0 Å². The van der Waals surface area contributed by atoms with Gasteiger partial charge < -0.3 is 0 Å². The number of benzene rings is 2. The summed E-state index contributed by atoms with van der Waals surface area (Å²) in [4.78, 5) is 13.9. The van der Waals surface area contributed by atoms with Gasteiger partial charge in [-0.25, -0.2) is 0 Å². The van der Waals surface area contributed by atoms with Gasteiger partial charge in [0.1, 0.15) is 5.78 Å². The minimum atomic E-state index is 0.388. The summed E-state index contributed by atoms with van der Waals surface area (Å²) in [5.74, 6) is 2.59. The summed E-state index contributed by atoms with van der Waals surface area (Å²) in [6.07, 6.45) is 14.6. The molecular formula is C33H46O. The van der Waals surface area contributed by atoms with Crippen molar-refractivity contribution in [3.05, 3.63) is 69.8 Å². The van der Waals surface area contributed by atoms with Crippen molar-refractivity contribution in [1.82, 2.24) is 0 Å². The maximum Gasteiger partial charge on any atom is 0.134 e. The molecule has 2 aromatic carbocycles. The molecule has 1 heteroatoms. The van der Waals surface area contributed by atoms with Crippen molar-refractivity contribution < 1.29 is 4.79 Å². The number of Topliss-reactive ketones (excluding diaryl/α,β-unsaturated/α-hetero) is 1. The van der Waals surface area contributed by atoms with Crippen LogP contribution in [0.1, 0.15) is 122 Å². The molecule has 1 nitrogen and oxygen atoms in total. The van der Waals surface area contributed by atoms with E-state index >= 15 is 0 Å². The van der Waals surface area contributed by atoms with E-state index in [1.165, 1.54) is 97.6 Å². The SMILES string of the molecule is Cc1cccc(C)c1[C@@H](CC(=O)C[C@H](c1c(C)cccc1C)C1CCCCC1)C1CCCCC1.